The van der Waals surface area contributed by atoms with Crippen LogP contribution in [0.3, 0.4) is 0 Å². The number of halogens is 3. The van der Waals surface area contributed by atoms with Crippen LogP contribution in [0.15, 0.2) is 0 Å². The van der Waals surface area contributed by atoms with Crippen molar-refractivity contribution >= 4 is 5.91 Å². The summed E-state index contributed by atoms with van der Waals surface area (Å²) in [6, 6.07) is -0.733. The van der Waals surface area contributed by atoms with E-state index in [1.165, 1.54) is 0 Å². The van der Waals surface area contributed by atoms with Crippen LogP contribution in [0.4, 0.5) is 13.2 Å². The smallest absolute Gasteiger partial charge is 0.354 e. The molecule has 0 aromatic rings. The topological polar surface area (TPSA) is 55.1 Å². The molecule has 0 bridgehead atoms. The lowest BCUT2D eigenvalue weighted by Gasteiger charge is -2.17. The SMILES string of the molecule is CCC(C)C(N)C(=O)NCCC(F)(F)F. The van der Waals surface area contributed by atoms with Crippen molar-refractivity contribution in [2.45, 2.75) is 38.9 Å². The standard InChI is InChI=1S/C9H17F3N2O/c1-3-6(2)7(13)8(15)14-5-4-9(10,11)12/h6-7H,3-5,13H2,1-2H3,(H,14,15). The van der Waals surface area contributed by atoms with Gasteiger partial charge in [0, 0.05) is 6.54 Å². The Morgan fingerprint density at radius 1 is 1.47 bits per heavy atom. The summed E-state index contributed by atoms with van der Waals surface area (Å²) in [4.78, 5) is 11.2. The van der Waals surface area contributed by atoms with Gasteiger partial charge in [0.25, 0.3) is 0 Å². The number of carbonyl (C=O) groups excluding carboxylic acids is 1. The van der Waals surface area contributed by atoms with E-state index in [9.17, 15) is 18.0 Å². The summed E-state index contributed by atoms with van der Waals surface area (Å²) in [5, 5.41) is 2.17. The van der Waals surface area contributed by atoms with Crippen LogP contribution in [0, 0.1) is 5.92 Å². The van der Waals surface area contributed by atoms with Crippen molar-refractivity contribution < 1.29 is 18.0 Å². The first-order valence-corrected chi connectivity index (χ1v) is 4.88. The highest BCUT2D eigenvalue weighted by atomic mass is 19.4. The number of carbonyl (C=O) groups is 1. The van der Waals surface area contributed by atoms with Gasteiger partial charge in [-0.3, -0.25) is 4.79 Å². The van der Waals surface area contributed by atoms with Crippen LogP contribution in [-0.4, -0.2) is 24.7 Å². The minimum atomic E-state index is -4.24. The predicted octanol–water partition coefficient (Wildman–Crippen LogP) is 1.43. The molecule has 0 radical (unpaired) electrons. The normalized spacial score (nSPS) is 15.9. The molecule has 90 valence electrons. The Bertz CT molecular complexity index is 206. The number of hydrogen-bond acceptors (Lipinski definition) is 2. The molecule has 0 saturated heterocycles. The third-order valence-corrected chi connectivity index (χ3v) is 2.27. The van der Waals surface area contributed by atoms with Crippen LogP contribution in [-0.2, 0) is 4.79 Å². The first-order valence-electron chi connectivity index (χ1n) is 4.88. The number of nitrogens with one attached hydrogen (secondary N) is 1. The third-order valence-electron chi connectivity index (χ3n) is 2.27. The monoisotopic (exact) mass is 226 g/mol. The second-order valence-electron chi connectivity index (χ2n) is 3.57. The zero-order valence-electron chi connectivity index (χ0n) is 8.90. The molecular formula is C9H17F3N2O. The van der Waals surface area contributed by atoms with Gasteiger partial charge in [-0.05, 0) is 5.92 Å². The Morgan fingerprint density at radius 2 is 2.00 bits per heavy atom. The first-order chi connectivity index (χ1) is 6.78. The Kier molecular flexibility index (Phi) is 5.64. The summed E-state index contributed by atoms with van der Waals surface area (Å²) >= 11 is 0. The molecule has 3 N–H and O–H groups in total. The molecule has 0 aliphatic carbocycles. The quantitative estimate of drug-likeness (QED) is 0.745. The minimum Gasteiger partial charge on any atom is -0.354 e. The van der Waals surface area contributed by atoms with Gasteiger partial charge in [0.1, 0.15) is 0 Å². The van der Waals surface area contributed by atoms with Gasteiger partial charge in [-0.2, -0.15) is 13.2 Å². The lowest BCUT2D eigenvalue weighted by molar-refractivity contribution is -0.136. The Balaban J connectivity index is 3.84. The molecule has 0 saturated carbocycles. The van der Waals surface area contributed by atoms with E-state index in [-0.39, 0.29) is 5.92 Å². The van der Waals surface area contributed by atoms with Crippen LogP contribution >= 0.6 is 0 Å². The van der Waals surface area contributed by atoms with E-state index in [2.05, 4.69) is 5.32 Å². The molecule has 2 unspecified atom stereocenters. The molecule has 6 heteroatoms. The van der Waals surface area contributed by atoms with Crippen molar-refractivity contribution in [1.29, 1.82) is 0 Å². The Labute approximate surface area is 87.2 Å². The van der Waals surface area contributed by atoms with Crippen LogP contribution in [0.25, 0.3) is 0 Å². The number of hydrogen-bond donors (Lipinski definition) is 2. The molecule has 2 atom stereocenters. The largest absolute Gasteiger partial charge is 0.390 e. The molecule has 0 rings (SSSR count). The van der Waals surface area contributed by atoms with E-state index >= 15 is 0 Å². The van der Waals surface area contributed by atoms with Crippen LogP contribution < -0.4 is 11.1 Å². The van der Waals surface area contributed by atoms with Crippen molar-refractivity contribution in [2.24, 2.45) is 11.7 Å². The van der Waals surface area contributed by atoms with Gasteiger partial charge >= 0.3 is 6.18 Å². The predicted molar refractivity (Wildman–Crippen MR) is 51.1 cm³/mol. The zero-order chi connectivity index (χ0) is 12.1. The second kappa shape index (κ2) is 5.95. The maximum atomic E-state index is 11.7. The summed E-state index contributed by atoms with van der Waals surface area (Å²) in [7, 11) is 0. The van der Waals surface area contributed by atoms with Gasteiger partial charge in [-0.1, -0.05) is 20.3 Å². The van der Waals surface area contributed by atoms with Crippen molar-refractivity contribution in [3.05, 3.63) is 0 Å². The summed E-state index contributed by atoms with van der Waals surface area (Å²) in [5.41, 5.74) is 5.53. The van der Waals surface area contributed by atoms with Gasteiger partial charge in [0.05, 0.1) is 12.5 Å². The first kappa shape index (κ1) is 14.2. The highest BCUT2D eigenvalue weighted by Gasteiger charge is 2.27. The van der Waals surface area contributed by atoms with E-state index in [1.54, 1.807) is 6.92 Å². The Hall–Kier alpha value is -0.780. The maximum Gasteiger partial charge on any atom is 0.390 e. The van der Waals surface area contributed by atoms with Crippen LogP contribution in [0.2, 0.25) is 0 Å². The maximum absolute atomic E-state index is 11.7. The molecule has 15 heavy (non-hydrogen) atoms. The number of nitrogens with two attached hydrogens (primary N) is 1. The molecule has 0 aromatic carbocycles. The molecule has 1 amide bonds. The van der Waals surface area contributed by atoms with Crippen LogP contribution in [0.5, 0.6) is 0 Å². The van der Waals surface area contributed by atoms with Crippen molar-refractivity contribution in [3.8, 4) is 0 Å². The Morgan fingerprint density at radius 3 is 2.40 bits per heavy atom. The van der Waals surface area contributed by atoms with Gasteiger partial charge in [0.15, 0.2) is 0 Å². The summed E-state index contributed by atoms with van der Waals surface area (Å²) in [6.07, 6.45) is -4.55. The third kappa shape index (κ3) is 6.33. The molecule has 0 aliphatic heterocycles. The summed E-state index contributed by atoms with van der Waals surface area (Å²) in [5.74, 6) is -0.551. The molecule has 0 heterocycles. The molecule has 0 aliphatic rings. The van der Waals surface area contributed by atoms with Crippen molar-refractivity contribution in [1.82, 2.24) is 5.32 Å². The molecule has 3 nitrogen and oxygen atoms in total. The molecule has 0 spiro atoms. The van der Waals surface area contributed by atoms with E-state index in [0.29, 0.717) is 6.42 Å². The van der Waals surface area contributed by atoms with E-state index < -0.39 is 31.1 Å². The molecular weight excluding hydrogens is 209 g/mol. The number of alkyl halides is 3. The average molecular weight is 226 g/mol. The summed E-state index contributed by atoms with van der Waals surface area (Å²) in [6.45, 7) is 3.24. The zero-order valence-corrected chi connectivity index (χ0v) is 8.90. The lowest BCUT2D eigenvalue weighted by Crippen LogP contribution is -2.45. The average Bonchev–Trinajstić information content (AvgIpc) is 2.13. The van der Waals surface area contributed by atoms with Gasteiger partial charge in [-0.15, -0.1) is 0 Å². The van der Waals surface area contributed by atoms with Crippen LogP contribution in [0.1, 0.15) is 26.7 Å². The highest BCUT2D eigenvalue weighted by molar-refractivity contribution is 5.81. The molecule has 0 fully saturated rings. The highest BCUT2D eigenvalue weighted by Crippen LogP contribution is 2.18. The fourth-order valence-corrected chi connectivity index (χ4v) is 0.958. The fraction of sp³-hybridized carbons (Fsp3) is 0.889. The van der Waals surface area contributed by atoms with Gasteiger partial charge in [-0.25, -0.2) is 0 Å². The number of rotatable bonds is 5. The van der Waals surface area contributed by atoms with Crippen molar-refractivity contribution in [3.63, 3.8) is 0 Å². The number of amides is 1. The fourth-order valence-electron chi connectivity index (χ4n) is 0.958. The van der Waals surface area contributed by atoms with E-state index in [0.717, 1.165) is 0 Å². The lowest BCUT2D eigenvalue weighted by atomic mass is 9.99. The van der Waals surface area contributed by atoms with Gasteiger partial charge in [0.2, 0.25) is 5.91 Å². The van der Waals surface area contributed by atoms with E-state index in [4.69, 9.17) is 5.73 Å². The minimum absolute atomic E-state index is 0.0316. The second-order valence-corrected chi connectivity index (χ2v) is 3.57. The van der Waals surface area contributed by atoms with E-state index in [1.807, 2.05) is 6.92 Å². The molecule has 0 aromatic heterocycles. The van der Waals surface area contributed by atoms with Gasteiger partial charge < -0.3 is 11.1 Å². The summed E-state index contributed by atoms with van der Waals surface area (Å²) < 4.78 is 35.2. The van der Waals surface area contributed by atoms with Crippen molar-refractivity contribution in [2.75, 3.05) is 6.54 Å².